The van der Waals surface area contributed by atoms with E-state index in [-0.39, 0.29) is 0 Å². The highest BCUT2D eigenvalue weighted by Crippen LogP contribution is 2.42. The van der Waals surface area contributed by atoms with Crippen LogP contribution >= 0.6 is 0 Å². The summed E-state index contributed by atoms with van der Waals surface area (Å²) in [6, 6.07) is 0.624. The lowest BCUT2D eigenvalue weighted by molar-refractivity contribution is -0.113. The minimum atomic E-state index is 0.296. The highest BCUT2D eigenvalue weighted by atomic mass is 16.5. The molecule has 0 aromatic rings. The molecule has 1 aliphatic rings. The summed E-state index contributed by atoms with van der Waals surface area (Å²) < 4.78 is 5.69. The summed E-state index contributed by atoms with van der Waals surface area (Å²) in [6.07, 6.45) is 5.88. The van der Waals surface area contributed by atoms with Gasteiger partial charge in [-0.05, 0) is 32.7 Å². The molecule has 0 amide bonds. The van der Waals surface area contributed by atoms with E-state index in [2.05, 4.69) is 32.7 Å². The number of hydrogen-bond acceptors (Lipinski definition) is 2. The molecule has 0 aliphatic heterocycles. The molecule has 1 N–H and O–H groups in total. The Morgan fingerprint density at radius 2 is 2.27 bits per heavy atom. The molecule has 2 unspecified atom stereocenters. The lowest BCUT2D eigenvalue weighted by Crippen LogP contribution is -2.61. The predicted molar refractivity (Wildman–Crippen MR) is 65.0 cm³/mol. The largest absolute Gasteiger partial charge is 0.378 e. The van der Waals surface area contributed by atoms with Crippen LogP contribution in [-0.4, -0.2) is 25.3 Å². The van der Waals surface area contributed by atoms with Crippen LogP contribution in [0.1, 0.15) is 40.0 Å². The molecule has 0 aromatic carbocycles. The van der Waals surface area contributed by atoms with Crippen LogP contribution in [0, 0.1) is 5.41 Å². The molecule has 1 rings (SSSR count). The third-order valence-electron chi connectivity index (χ3n) is 3.52. The zero-order valence-corrected chi connectivity index (χ0v) is 10.4. The van der Waals surface area contributed by atoms with Gasteiger partial charge >= 0.3 is 0 Å². The van der Waals surface area contributed by atoms with Gasteiger partial charge in [-0.3, -0.25) is 0 Å². The molecule has 0 spiro atoms. The monoisotopic (exact) mass is 211 g/mol. The maximum absolute atomic E-state index is 5.69. The lowest BCUT2D eigenvalue weighted by Gasteiger charge is -2.52. The van der Waals surface area contributed by atoms with Crippen LogP contribution in [-0.2, 0) is 4.74 Å². The second kappa shape index (κ2) is 5.66. The molecule has 15 heavy (non-hydrogen) atoms. The van der Waals surface area contributed by atoms with E-state index in [1.165, 1.54) is 6.42 Å². The number of allylic oxidation sites excluding steroid dienone is 1. The average molecular weight is 211 g/mol. The highest BCUT2D eigenvalue weighted by molar-refractivity contribution is 5.02. The van der Waals surface area contributed by atoms with Gasteiger partial charge in [-0.2, -0.15) is 0 Å². The van der Waals surface area contributed by atoms with Crippen LogP contribution in [0.25, 0.3) is 0 Å². The SMILES string of the molecule is C=CCCCNC1CC(OCC)C1(C)C. The van der Waals surface area contributed by atoms with Crippen molar-refractivity contribution in [3.05, 3.63) is 12.7 Å². The van der Waals surface area contributed by atoms with Crippen LogP contribution in [0.3, 0.4) is 0 Å². The minimum Gasteiger partial charge on any atom is -0.378 e. The molecule has 2 atom stereocenters. The predicted octanol–water partition coefficient (Wildman–Crippen LogP) is 2.75. The van der Waals surface area contributed by atoms with Gasteiger partial charge in [0, 0.05) is 18.1 Å². The van der Waals surface area contributed by atoms with E-state index < -0.39 is 0 Å². The van der Waals surface area contributed by atoms with Crippen molar-refractivity contribution in [2.24, 2.45) is 5.41 Å². The van der Waals surface area contributed by atoms with Crippen molar-refractivity contribution in [3.63, 3.8) is 0 Å². The zero-order chi connectivity index (χ0) is 11.3. The van der Waals surface area contributed by atoms with Gasteiger partial charge in [0.1, 0.15) is 0 Å². The van der Waals surface area contributed by atoms with Crippen LogP contribution in [0.15, 0.2) is 12.7 Å². The summed E-state index contributed by atoms with van der Waals surface area (Å²) in [6.45, 7) is 12.3. The number of unbranched alkanes of at least 4 members (excludes halogenated alkanes) is 1. The van der Waals surface area contributed by atoms with E-state index in [0.717, 1.165) is 26.0 Å². The van der Waals surface area contributed by atoms with E-state index in [4.69, 9.17) is 4.74 Å². The highest BCUT2D eigenvalue weighted by Gasteiger charge is 2.48. The van der Waals surface area contributed by atoms with Crippen molar-refractivity contribution in [2.45, 2.75) is 52.2 Å². The first-order valence-electron chi connectivity index (χ1n) is 6.08. The summed E-state index contributed by atoms with van der Waals surface area (Å²) >= 11 is 0. The molecule has 1 saturated carbocycles. The van der Waals surface area contributed by atoms with Gasteiger partial charge in [0.25, 0.3) is 0 Å². The van der Waals surface area contributed by atoms with Gasteiger partial charge in [0.15, 0.2) is 0 Å². The van der Waals surface area contributed by atoms with E-state index in [0.29, 0.717) is 17.6 Å². The van der Waals surface area contributed by atoms with Crippen molar-refractivity contribution in [3.8, 4) is 0 Å². The molecule has 1 fully saturated rings. The molecule has 0 saturated heterocycles. The van der Waals surface area contributed by atoms with Crippen LogP contribution in [0.4, 0.5) is 0 Å². The first kappa shape index (κ1) is 12.7. The topological polar surface area (TPSA) is 21.3 Å². The second-order valence-electron chi connectivity index (χ2n) is 4.94. The molecule has 1 aliphatic carbocycles. The van der Waals surface area contributed by atoms with Crippen LogP contribution < -0.4 is 5.32 Å². The standard InChI is InChI=1S/C13H25NO/c1-5-7-8-9-14-11-10-12(15-6-2)13(11,3)4/h5,11-12,14H,1,6-10H2,2-4H3. The fourth-order valence-corrected chi connectivity index (χ4v) is 2.24. The molecule has 0 radical (unpaired) electrons. The second-order valence-corrected chi connectivity index (χ2v) is 4.94. The van der Waals surface area contributed by atoms with Crippen molar-refractivity contribution < 1.29 is 4.74 Å². The third kappa shape index (κ3) is 3.05. The Morgan fingerprint density at radius 3 is 2.80 bits per heavy atom. The number of rotatable bonds is 7. The van der Waals surface area contributed by atoms with Crippen molar-refractivity contribution >= 4 is 0 Å². The van der Waals surface area contributed by atoms with E-state index in [1.807, 2.05) is 6.08 Å². The molecule has 0 aromatic heterocycles. The summed E-state index contributed by atoms with van der Waals surface area (Å²) in [5, 5.41) is 3.60. The van der Waals surface area contributed by atoms with Crippen molar-refractivity contribution in [1.82, 2.24) is 5.32 Å². The van der Waals surface area contributed by atoms with E-state index in [9.17, 15) is 0 Å². The molecular weight excluding hydrogens is 186 g/mol. The maximum atomic E-state index is 5.69. The van der Waals surface area contributed by atoms with Crippen molar-refractivity contribution in [1.29, 1.82) is 0 Å². The lowest BCUT2D eigenvalue weighted by atomic mass is 9.64. The molecule has 0 heterocycles. The van der Waals surface area contributed by atoms with Gasteiger partial charge in [-0.1, -0.05) is 19.9 Å². The van der Waals surface area contributed by atoms with Gasteiger partial charge in [0.05, 0.1) is 6.10 Å². The Kier molecular flexibility index (Phi) is 4.81. The first-order valence-corrected chi connectivity index (χ1v) is 6.08. The first-order chi connectivity index (χ1) is 7.12. The van der Waals surface area contributed by atoms with E-state index >= 15 is 0 Å². The summed E-state index contributed by atoms with van der Waals surface area (Å²) in [4.78, 5) is 0. The molecular formula is C13H25NO. The van der Waals surface area contributed by atoms with Crippen molar-refractivity contribution in [2.75, 3.05) is 13.2 Å². The Labute approximate surface area is 94.1 Å². The summed E-state index contributed by atoms with van der Waals surface area (Å²) in [7, 11) is 0. The van der Waals surface area contributed by atoms with Gasteiger partial charge in [0.2, 0.25) is 0 Å². The van der Waals surface area contributed by atoms with Gasteiger partial charge < -0.3 is 10.1 Å². The average Bonchev–Trinajstić information content (AvgIpc) is 2.21. The van der Waals surface area contributed by atoms with Gasteiger partial charge in [-0.25, -0.2) is 0 Å². The molecule has 0 bridgehead atoms. The molecule has 2 nitrogen and oxygen atoms in total. The maximum Gasteiger partial charge on any atom is 0.0655 e. The Morgan fingerprint density at radius 1 is 1.53 bits per heavy atom. The van der Waals surface area contributed by atoms with Gasteiger partial charge in [-0.15, -0.1) is 6.58 Å². The molecule has 2 heteroatoms. The Bertz CT molecular complexity index is 201. The summed E-state index contributed by atoms with van der Waals surface area (Å²) in [5.74, 6) is 0. The number of nitrogens with one attached hydrogen (secondary N) is 1. The van der Waals surface area contributed by atoms with E-state index in [1.54, 1.807) is 0 Å². The number of ether oxygens (including phenoxy) is 1. The minimum absolute atomic E-state index is 0.296. The fourth-order valence-electron chi connectivity index (χ4n) is 2.24. The zero-order valence-electron chi connectivity index (χ0n) is 10.4. The Hall–Kier alpha value is -0.340. The van der Waals surface area contributed by atoms with Crippen LogP contribution in [0.2, 0.25) is 0 Å². The number of hydrogen-bond donors (Lipinski definition) is 1. The fraction of sp³-hybridized carbons (Fsp3) is 0.846. The third-order valence-corrected chi connectivity index (χ3v) is 3.52. The normalized spacial score (nSPS) is 28.5. The quantitative estimate of drug-likeness (QED) is 0.516. The molecule has 88 valence electrons. The smallest absolute Gasteiger partial charge is 0.0655 e. The summed E-state index contributed by atoms with van der Waals surface area (Å²) in [5.41, 5.74) is 0.296. The Balaban J connectivity index is 2.20. The van der Waals surface area contributed by atoms with Crippen LogP contribution in [0.5, 0.6) is 0 Å².